The Hall–Kier alpha value is -2.43. The van der Waals surface area contributed by atoms with Crippen molar-refractivity contribution in [3.63, 3.8) is 0 Å². The molecule has 110 valence electrons. The standard InChI is InChI=1S/C16H18N2O3/c1-9(2)15-17-8-13(14(18-15)16(19)20)21-12-6-5-10(3)11(4)7-12/h5-9H,1-4H3,(H,19,20). The van der Waals surface area contributed by atoms with Crippen LogP contribution in [0, 0.1) is 13.8 Å². The quantitative estimate of drug-likeness (QED) is 0.927. The number of benzene rings is 1. The van der Waals surface area contributed by atoms with Crippen LogP contribution >= 0.6 is 0 Å². The third-order valence-electron chi connectivity index (χ3n) is 3.20. The molecular formula is C16H18N2O3. The van der Waals surface area contributed by atoms with Crippen molar-refractivity contribution in [1.29, 1.82) is 0 Å². The lowest BCUT2D eigenvalue weighted by atomic mass is 10.1. The zero-order chi connectivity index (χ0) is 15.6. The smallest absolute Gasteiger partial charge is 0.358 e. The first kappa shape index (κ1) is 15.0. The molecule has 2 aromatic rings. The molecule has 0 unspecified atom stereocenters. The molecule has 0 bridgehead atoms. The molecule has 0 aliphatic rings. The summed E-state index contributed by atoms with van der Waals surface area (Å²) in [5, 5.41) is 9.28. The van der Waals surface area contributed by atoms with Gasteiger partial charge >= 0.3 is 5.97 Å². The molecule has 0 fully saturated rings. The predicted octanol–water partition coefficient (Wildman–Crippen LogP) is 3.71. The zero-order valence-electron chi connectivity index (χ0n) is 12.5. The van der Waals surface area contributed by atoms with Crippen LogP contribution < -0.4 is 4.74 Å². The van der Waals surface area contributed by atoms with E-state index in [2.05, 4.69) is 9.97 Å². The lowest BCUT2D eigenvalue weighted by Crippen LogP contribution is -2.08. The SMILES string of the molecule is Cc1ccc(Oc2cnc(C(C)C)nc2C(=O)O)cc1C. The van der Waals surface area contributed by atoms with E-state index < -0.39 is 5.97 Å². The van der Waals surface area contributed by atoms with Crippen LogP contribution in [0.2, 0.25) is 0 Å². The van der Waals surface area contributed by atoms with E-state index >= 15 is 0 Å². The molecule has 1 aromatic carbocycles. The molecule has 2 rings (SSSR count). The number of hydrogen-bond acceptors (Lipinski definition) is 4. The minimum absolute atomic E-state index is 0.0544. The van der Waals surface area contributed by atoms with Crippen LogP contribution in [0.5, 0.6) is 11.5 Å². The molecule has 1 aromatic heterocycles. The van der Waals surface area contributed by atoms with Crippen molar-refractivity contribution in [2.45, 2.75) is 33.6 Å². The Balaban J connectivity index is 2.39. The zero-order valence-corrected chi connectivity index (χ0v) is 12.5. The van der Waals surface area contributed by atoms with Crippen LogP contribution in [-0.4, -0.2) is 21.0 Å². The lowest BCUT2D eigenvalue weighted by Gasteiger charge is -2.11. The molecule has 1 N–H and O–H groups in total. The second-order valence-electron chi connectivity index (χ2n) is 5.25. The van der Waals surface area contributed by atoms with Crippen molar-refractivity contribution in [3.05, 3.63) is 47.0 Å². The highest BCUT2D eigenvalue weighted by Gasteiger charge is 2.17. The van der Waals surface area contributed by atoms with E-state index in [-0.39, 0.29) is 17.4 Å². The predicted molar refractivity (Wildman–Crippen MR) is 79.1 cm³/mol. The molecular weight excluding hydrogens is 268 g/mol. The maximum atomic E-state index is 11.3. The number of nitrogens with zero attached hydrogens (tertiary/aromatic N) is 2. The lowest BCUT2D eigenvalue weighted by molar-refractivity contribution is 0.0686. The molecule has 0 radical (unpaired) electrons. The number of ether oxygens (including phenoxy) is 1. The Labute approximate surface area is 123 Å². The number of carboxylic acids is 1. The van der Waals surface area contributed by atoms with Gasteiger partial charge in [0.05, 0.1) is 6.20 Å². The van der Waals surface area contributed by atoms with Gasteiger partial charge in [0.2, 0.25) is 0 Å². The Bertz CT molecular complexity index is 681. The van der Waals surface area contributed by atoms with E-state index in [0.717, 1.165) is 11.1 Å². The summed E-state index contributed by atoms with van der Waals surface area (Å²) >= 11 is 0. The van der Waals surface area contributed by atoms with Gasteiger partial charge in [0.1, 0.15) is 11.6 Å². The molecule has 0 aliphatic carbocycles. The minimum atomic E-state index is -1.13. The number of carbonyl (C=O) groups is 1. The van der Waals surface area contributed by atoms with E-state index in [4.69, 9.17) is 4.74 Å². The molecule has 0 spiro atoms. The van der Waals surface area contributed by atoms with E-state index in [1.165, 1.54) is 6.20 Å². The highest BCUT2D eigenvalue weighted by molar-refractivity contribution is 5.88. The number of rotatable bonds is 4. The van der Waals surface area contributed by atoms with E-state index in [0.29, 0.717) is 11.6 Å². The van der Waals surface area contributed by atoms with E-state index in [1.807, 2.05) is 39.8 Å². The Morgan fingerprint density at radius 1 is 1.24 bits per heavy atom. The fraction of sp³-hybridized carbons (Fsp3) is 0.312. The monoisotopic (exact) mass is 286 g/mol. The van der Waals surface area contributed by atoms with Gasteiger partial charge in [0, 0.05) is 5.92 Å². The van der Waals surface area contributed by atoms with Crippen molar-refractivity contribution in [2.24, 2.45) is 0 Å². The van der Waals surface area contributed by atoms with Gasteiger partial charge in [-0.1, -0.05) is 19.9 Å². The number of hydrogen-bond donors (Lipinski definition) is 1. The van der Waals surface area contributed by atoms with Crippen LogP contribution in [0.25, 0.3) is 0 Å². The first-order valence-corrected chi connectivity index (χ1v) is 6.74. The number of aromatic carboxylic acids is 1. The van der Waals surface area contributed by atoms with Crippen molar-refractivity contribution in [1.82, 2.24) is 9.97 Å². The summed E-state index contributed by atoms with van der Waals surface area (Å²) in [6.45, 7) is 7.79. The average molecular weight is 286 g/mol. The summed E-state index contributed by atoms with van der Waals surface area (Å²) in [6.07, 6.45) is 1.42. The van der Waals surface area contributed by atoms with Crippen LogP contribution in [0.4, 0.5) is 0 Å². The number of carboxylic acid groups (broad SMARTS) is 1. The summed E-state index contributed by atoms with van der Waals surface area (Å²) in [5.41, 5.74) is 2.10. The third-order valence-corrected chi connectivity index (χ3v) is 3.20. The van der Waals surface area contributed by atoms with E-state index in [9.17, 15) is 9.90 Å². The summed E-state index contributed by atoms with van der Waals surface area (Å²) in [4.78, 5) is 19.6. The Kier molecular flexibility index (Phi) is 4.21. The largest absolute Gasteiger partial charge is 0.476 e. The summed E-state index contributed by atoms with van der Waals surface area (Å²) in [5.74, 6) is 0.133. The Morgan fingerprint density at radius 3 is 2.52 bits per heavy atom. The molecule has 0 atom stereocenters. The van der Waals surface area contributed by atoms with Crippen LogP contribution in [-0.2, 0) is 0 Å². The molecule has 0 saturated heterocycles. The first-order valence-electron chi connectivity index (χ1n) is 6.74. The highest BCUT2D eigenvalue weighted by Crippen LogP contribution is 2.26. The highest BCUT2D eigenvalue weighted by atomic mass is 16.5. The van der Waals surface area contributed by atoms with Gasteiger partial charge in [-0.05, 0) is 37.1 Å². The van der Waals surface area contributed by atoms with Gasteiger partial charge in [-0.3, -0.25) is 0 Å². The molecule has 0 saturated carbocycles. The third kappa shape index (κ3) is 3.37. The normalized spacial score (nSPS) is 10.7. The fourth-order valence-corrected chi connectivity index (χ4v) is 1.79. The molecule has 5 nitrogen and oxygen atoms in total. The van der Waals surface area contributed by atoms with Gasteiger partial charge in [0.15, 0.2) is 11.4 Å². The Morgan fingerprint density at radius 2 is 1.95 bits per heavy atom. The second-order valence-corrected chi connectivity index (χ2v) is 5.25. The maximum absolute atomic E-state index is 11.3. The van der Waals surface area contributed by atoms with Gasteiger partial charge in [-0.2, -0.15) is 0 Å². The maximum Gasteiger partial charge on any atom is 0.358 e. The van der Waals surface area contributed by atoms with Crippen molar-refractivity contribution >= 4 is 5.97 Å². The van der Waals surface area contributed by atoms with Gasteiger partial charge in [0.25, 0.3) is 0 Å². The van der Waals surface area contributed by atoms with Gasteiger partial charge < -0.3 is 9.84 Å². The number of aromatic nitrogens is 2. The summed E-state index contributed by atoms with van der Waals surface area (Å²) in [7, 11) is 0. The minimum Gasteiger partial charge on any atom is -0.476 e. The fourth-order valence-electron chi connectivity index (χ4n) is 1.79. The molecule has 21 heavy (non-hydrogen) atoms. The number of aryl methyl sites for hydroxylation is 2. The topological polar surface area (TPSA) is 72.3 Å². The van der Waals surface area contributed by atoms with Crippen molar-refractivity contribution < 1.29 is 14.6 Å². The molecule has 5 heteroatoms. The summed E-state index contributed by atoms with van der Waals surface area (Å²) < 4.78 is 5.64. The van der Waals surface area contributed by atoms with Crippen LogP contribution in [0.1, 0.15) is 47.2 Å². The average Bonchev–Trinajstić information content (AvgIpc) is 2.43. The van der Waals surface area contributed by atoms with Gasteiger partial charge in [-0.25, -0.2) is 14.8 Å². The first-order chi connectivity index (χ1) is 9.88. The second kappa shape index (κ2) is 5.91. The van der Waals surface area contributed by atoms with Gasteiger partial charge in [-0.15, -0.1) is 0 Å². The summed E-state index contributed by atoms with van der Waals surface area (Å²) in [6, 6.07) is 5.58. The molecule has 0 aliphatic heterocycles. The van der Waals surface area contributed by atoms with Crippen LogP contribution in [0.15, 0.2) is 24.4 Å². The van der Waals surface area contributed by atoms with Crippen molar-refractivity contribution in [3.8, 4) is 11.5 Å². The molecule has 0 amide bonds. The van der Waals surface area contributed by atoms with E-state index in [1.54, 1.807) is 6.07 Å². The van der Waals surface area contributed by atoms with Crippen LogP contribution in [0.3, 0.4) is 0 Å². The molecule has 1 heterocycles. The van der Waals surface area contributed by atoms with Crippen molar-refractivity contribution in [2.75, 3.05) is 0 Å².